The molecule has 0 aliphatic heterocycles. The highest BCUT2D eigenvalue weighted by molar-refractivity contribution is 9.10. The van der Waals surface area contributed by atoms with E-state index in [1.807, 2.05) is 24.3 Å². The van der Waals surface area contributed by atoms with Gasteiger partial charge in [-0.1, -0.05) is 27.5 Å². The molecule has 1 N–H and O–H groups in total. The number of nitrogens with one attached hydrogen (secondary N) is 1. The van der Waals surface area contributed by atoms with Crippen LogP contribution in [0.5, 0.6) is 0 Å². The lowest BCUT2D eigenvalue weighted by Gasteiger charge is -2.13. The summed E-state index contributed by atoms with van der Waals surface area (Å²) < 4.78 is 0.924. The first kappa shape index (κ1) is 19.4. The molecule has 3 aromatic rings. The highest BCUT2D eigenvalue weighted by atomic mass is 79.9. The van der Waals surface area contributed by atoms with Crippen LogP contribution in [0.1, 0.15) is 49.6 Å². The summed E-state index contributed by atoms with van der Waals surface area (Å²) in [5, 5.41) is 4.19. The van der Waals surface area contributed by atoms with Gasteiger partial charge in [-0.25, -0.2) is 0 Å². The number of hydrogen-bond acceptors (Lipinski definition) is 3. The molecule has 28 heavy (non-hydrogen) atoms. The first-order chi connectivity index (χ1) is 13.5. The Labute approximate surface area is 180 Å². The molecule has 0 unspecified atom stereocenters. The van der Waals surface area contributed by atoms with Crippen molar-refractivity contribution in [2.45, 2.75) is 25.7 Å². The van der Waals surface area contributed by atoms with E-state index in [0.717, 1.165) is 35.7 Å². The topological polar surface area (TPSA) is 46.2 Å². The average molecular weight is 475 g/mol. The van der Waals surface area contributed by atoms with E-state index in [1.54, 1.807) is 24.3 Å². The molecule has 0 fully saturated rings. The molecule has 1 heterocycles. The molecule has 0 spiro atoms. The lowest BCUT2D eigenvalue weighted by Crippen LogP contribution is -2.14. The number of aryl methyl sites for hydroxylation is 1. The maximum absolute atomic E-state index is 13.3. The fourth-order valence-corrected chi connectivity index (χ4v) is 5.09. The van der Waals surface area contributed by atoms with Crippen molar-refractivity contribution in [3.05, 3.63) is 85.2 Å². The molecule has 2 aromatic carbocycles. The van der Waals surface area contributed by atoms with Gasteiger partial charge in [0.2, 0.25) is 0 Å². The highest BCUT2D eigenvalue weighted by Gasteiger charge is 2.27. The molecule has 0 saturated heterocycles. The third-order valence-corrected chi connectivity index (χ3v) is 6.83. The minimum atomic E-state index is -0.236. The third-order valence-electron chi connectivity index (χ3n) is 4.84. The van der Waals surface area contributed by atoms with Crippen molar-refractivity contribution in [2.75, 3.05) is 5.32 Å². The van der Waals surface area contributed by atoms with Crippen LogP contribution in [0.15, 0.2) is 53.0 Å². The van der Waals surface area contributed by atoms with Crippen LogP contribution in [0.3, 0.4) is 0 Å². The second kappa shape index (κ2) is 8.19. The predicted octanol–water partition coefficient (Wildman–Crippen LogP) is 6.53. The number of amides is 1. The highest BCUT2D eigenvalue weighted by Crippen LogP contribution is 2.39. The number of rotatable bonds is 4. The van der Waals surface area contributed by atoms with Crippen molar-refractivity contribution < 1.29 is 9.59 Å². The second-order valence-corrected chi connectivity index (χ2v) is 9.17. The molecule has 0 bridgehead atoms. The molecule has 0 atom stereocenters. The van der Waals surface area contributed by atoms with Crippen LogP contribution >= 0.6 is 38.9 Å². The lowest BCUT2D eigenvalue weighted by atomic mass is 9.92. The van der Waals surface area contributed by atoms with Crippen LogP contribution < -0.4 is 5.32 Å². The lowest BCUT2D eigenvalue weighted by molar-refractivity contribution is 0.102. The summed E-state index contributed by atoms with van der Waals surface area (Å²) in [4.78, 5) is 27.2. The van der Waals surface area contributed by atoms with Crippen molar-refractivity contribution in [3.63, 3.8) is 0 Å². The monoisotopic (exact) mass is 473 g/mol. The molecule has 1 aromatic heterocycles. The van der Waals surface area contributed by atoms with E-state index in [2.05, 4.69) is 21.2 Å². The number of fused-ring (bicyclic) bond motifs is 1. The maximum Gasteiger partial charge on any atom is 0.256 e. The summed E-state index contributed by atoms with van der Waals surface area (Å²) in [7, 11) is 0. The Morgan fingerprint density at radius 3 is 2.29 bits per heavy atom. The van der Waals surface area contributed by atoms with Gasteiger partial charge in [0.25, 0.3) is 5.91 Å². The summed E-state index contributed by atoms with van der Waals surface area (Å²) in [6, 6.07) is 14.1. The number of halogens is 2. The smallest absolute Gasteiger partial charge is 0.256 e. The zero-order valence-corrected chi connectivity index (χ0v) is 18.1. The number of ketones is 1. The van der Waals surface area contributed by atoms with Gasteiger partial charge in [0.1, 0.15) is 5.00 Å². The van der Waals surface area contributed by atoms with Crippen LogP contribution in [0.25, 0.3) is 0 Å². The van der Waals surface area contributed by atoms with Crippen LogP contribution in [0.4, 0.5) is 5.00 Å². The SMILES string of the molecule is O=C(Nc1sc2c(c1C(=O)c1ccc(Br)cc1)CCCC2)c1ccc(Cl)cc1. The first-order valence-corrected chi connectivity index (χ1v) is 11.0. The Bertz CT molecular complexity index is 1040. The Balaban J connectivity index is 1.71. The summed E-state index contributed by atoms with van der Waals surface area (Å²) in [5.41, 5.74) is 2.87. The number of benzene rings is 2. The van der Waals surface area contributed by atoms with Crippen molar-refractivity contribution in [2.24, 2.45) is 0 Å². The summed E-state index contributed by atoms with van der Waals surface area (Å²) >= 11 is 10.8. The first-order valence-electron chi connectivity index (χ1n) is 9.04. The van der Waals surface area contributed by atoms with Crippen molar-refractivity contribution in [3.8, 4) is 0 Å². The fraction of sp³-hybridized carbons (Fsp3) is 0.182. The van der Waals surface area contributed by atoms with Crippen LogP contribution in [0, 0.1) is 0 Å². The molecule has 0 saturated carbocycles. The van der Waals surface area contributed by atoms with Gasteiger partial charge in [-0.15, -0.1) is 11.3 Å². The van der Waals surface area contributed by atoms with Gasteiger partial charge >= 0.3 is 0 Å². The van der Waals surface area contributed by atoms with Gasteiger partial charge in [-0.2, -0.15) is 0 Å². The van der Waals surface area contributed by atoms with Crippen LogP contribution in [0.2, 0.25) is 5.02 Å². The van der Waals surface area contributed by atoms with E-state index in [4.69, 9.17) is 11.6 Å². The van der Waals surface area contributed by atoms with Gasteiger partial charge in [-0.3, -0.25) is 9.59 Å². The van der Waals surface area contributed by atoms with Crippen molar-refractivity contribution >= 4 is 55.6 Å². The number of carbonyl (C=O) groups is 2. The number of thiophene rings is 1. The Kier molecular flexibility index (Phi) is 5.67. The van der Waals surface area contributed by atoms with E-state index >= 15 is 0 Å². The molecule has 4 rings (SSSR count). The van der Waals surface area contributed by atoms with Crippen LogP contribution in [-0.4, -0.2) is 11.7 Å². The largest absolute Gasteiger partial charge is 0.313 e. The van der Waals surface area contributed by atoms with E-state index in [0.29, 0.717) is 26.7 Å². The maximum atomic E-state index is 13.3. The fourth-order valence-electron chi connectivity index (χ4n) is 3.42. The molecule has 1 aliphatic carbocycles. The Hall–Kier alpha value is -1.95. The Morgan fingerprint density at radius 2 is 1.57 bits per heavy atom. The predicted molar refractivity (Wildman–Crippen MR) is 118 cm³/mol. The molecular formula is C22H17BrClNO2S. The number of carbonyl (C=O) groups excluding carboxylic acids is 2. The van der Waals surface area contributed by atoms with Gasteiger partial charge in [0, 0.05) is 25.5 Å². The van der Waals surface area contributed by atoms with E-state index in [9.17, 15) is 9.59 Å². The molecule has 3 nitrogen and oxygen atoms in total. The van der Waals surface area contributed by atoms with E-state index in [1.165, 1.54) is 16.2 Å². The average Bonchev–Trinajstić information content (AvgIpc) is 3.06. The van der Waals surface area contributed by atoms with Gasteiger partial charge in [0.15, 0.2) is 5.78 Å². The molecule has 142 valence electrons. The third kappa shape index (κ3) is 3.93. The summed E-state index contributed by atoms with van der Waals surface area (Å²) in [6.45, 7) is 0. The van der Waals surface area contributed by atoms with Gasteiger partial charge in [-0.05, 0) is 79.8 Å². The Morgan fingerprint density at radius 1 is 0.929 bits per heavy atom. The number of hydrogen-bond donors (Lipinski definition) is 1. The summed E-state index contributed by atoms with van der Waals surface area (Å²) in [5.74, 6) is -0.279. The molecular weight excluding hydrogens is 458 g/mol. The van der Waals surface area contributed by atoms with Crippen molar-refractivity contribution in [1.82, 2.24) is 0 Å². The van der Waals surface area contributed by atoms with E-state index in [-0.39, 0.29) is 11.7 Å². The number of anilines is 1. The molecule has 6 heteroatoms. The van der Waals surface area contributed by atoms with Gasteiger partial charge < -0.3 is 5.32 Å². The zero-order chi connectivity index (χ0) is 19.7. The minimum Gasteiger partial charge on any atom is -0.313 e. The van der Waals surface area contributed by atoms with Gasteiger partial charge in [0.05, 0.1) is 5.56 Å². The normalized spacial score (nSPS) is 13.1. The summed E-state index contributed by atoms with van der Waals surface area (Å²) in [6.07, 6.45) is 4.01. The zero-order valence-electron chi connectivity index (χ0n) is 14.9. The molecule has 1 aliphatic rings. The van der Waals surface area contributed by atoms with Crippen molar-refractivity contribution in [1.29, 1.82) is 0 Å². The molecule has 1 amide bonds. The quantitative estimate of drug-likeness (QED) is 0.437. The molecule has 0 radical (unpaired) electrons. The van der Waals surface area contributed by atoms with E-state index < -0.39 is 0 Å². The minimum absolute atomic E-state index is 0.0432. The van der Waals surface area contributed by atoms with Crippen LogP contribution in [-0.2, 0) is 12.8 Å². The standard InChI is InChI=1S/C22H17BrClNO2S/c23-15-9-5-13(6-10-15)20(26)19-17-3-1-2-4-18(17)28-22(19)25-21(27)14-7-11-16(24)12-8-14/h5-12H,1-4H2,(H,25,27). The second-order valence-electron chi connectivity index (χ2n) is 6.71.